The number of benzene rings is 3. The van der Waals surface area contributed by atoms with Gasteiger partial charge in [-0.3, -0.25) is 4.79 Å². The summed E-state index contributed by atoms with van der Waals surface area (Å²) in [6, 6.07) is 16.6. The Morgan fingerprint density at radius 1 is 1.14 bits per heavy atom. The molecule has 0 saturated heterocycles. The first kappa shape index (κ1) is 18.9. The van der Waals surface area contributed by atoms with E-state index in [2.05, 4.69) is 20.8 Å². The quantitative estimate of drug-likeness (QED) is 0.515. The highest BCUT2D eigenvalue weighted by atomic mass is 32.2. The highest BCUT2D eigenvalue weighted by molar-refractivity contribution is 7.99. The Hall–Kier alpha value is -3.39. The molecule has 29 heavy (non-hydrogen) atoms. The summed E-state index contributed by atoms with van der Waals surface area (Å²) in [6.07, 6.45) is 0. The largest absolute Gasteiger partial charge is 0.506 e. The fraction of sp³-hybridized carbons (Fsp3) is 0.143. The van der Waals surface area contributed by atoms with Crippen LogP contribution < -0.4 is 5.32 Å². The topological polar surface area (TPSA) is 92.9 Å². The molecule has 0 fully saturated rings. The van der Waals surface area contributed by atoms with E-state index in [9.17, 15) is 9.90 Å². The molecule has 7 nitrogen and oxygen atoms in total. The molecule has 0 atom stereocenters. The third-order valence-electron chi connectivity index (χ3n) is 4.62. The molecule has 2 N–H and O–H groups in total. The lowest BCUT2D eigenvalue weighted by Crippen LogP contribution is -2.13. The summed E-state index contributed by atoms with van der Waals surface area (Å²) in [5, 5.41) is 27.5. The molecular formula is C21H19N5O2S. The molecule has 0 unspecified atom stereocenters. The Bertz CT molecular complexity index is 1200. The van der Waals surface area contributed by atoms with E-state index in [1.807, 2.05) is 56.3 Å². The monoisotopic (exact) mass is 405 g/mol. The highest BCUT2D eigenvalue weighted by Crippen LogP contribution is 2.39. The summed E-state index contributed by atoms with van der Waals surface area (Å²) in [5.41, 5.74) is 1.84. The molecule has 0 radical (unpaired) electrons. The predicted molar refractivity (Wildman–Crippen MR) is 112 cm³/mol. The number of phenols is 1. The first-order valence-electron chi connectivity index (χ1n) is 9.14. The number of nitrogens with one attached hydrogen (secondary N) is 1. The van der Waals surface area contributed by atoms with Gasteiger partial charge in [0.15, 0.2) is 0 Å². The average Bonchev–Trinajstić information content (AvgIpc) is 3.19. The Balaban J connectivity index is 1.79. The van der Waals surface area contributed by atoms with E-state index in [4.69, 9.17) is 0 Å². The first-order valence-corrected chi connectivity index (χ1v) is 9.96. The molecule has 4 rings (SSSR count). The van der Waals surface area contributed by atoms with Crippen molar-refractivity contribution >= 4 is 34.1 Å². The first-order chi connectivity index (χ1) is 14.1. The second kappa shape index (κ2) is 7.92. The Morgan fingerprint density at radius 3 is 2.62 bits per heavy atom. The Morgan fingerprint density at radius 2 is 1.86 bits per heavy atom. The van der Waals surface area contributed by atoms with Crippen LogP contribution in [0.1, 0.15) is 22.8 Å². The minimum absolute atomic E-state index is 0.0499. The lowest BCUT2D eigenvalue weighted by atomic mass is 10.0. The second-order valence-corrected chi connectivity index (χ2v) is 7.47. The van der Waals surface area contributed by atoms with Crippen LogP contribution in [0.3, 0.4) is 0 Å². The SMILES string of the molecule is CCn1nnnc1Sc1cc(C(=O)Nc2ccccc2C)c(O)c2ccccc12. The zero-order chi connectivity index (χ0) is 20.4. The van der Waals surface area contributed by atoms with Gasteiger partial charge in [0, 0.05) is 22.5 Å². The number of para-hydroxylation sites is 1. The Kier molecular flexibility index (Phi) is 5.18. The van der Waals surface area contributed by atoms with Crippen molar-refractivity contribution in [3.05, 3.63) is 65.7 Å². The van der Waals surface area contributed by atoms with E-state index in [0.29, 0.717) is 22.8 Å². The van der Waals surface area contributed by atoms with Gasteiger partial charge in [-0.1, -0.05) is 42.5 Å². The third kappa shape index (κ3) is 3.66. The van der Waals surface area contributed by atoms with Gasteiger partial charge < -0.3 is 10.4 Å². The van der Waals surface area contributed by atoms with Crippen LogP contribution in [0.4, 0.5) is 5.69 Å². The van der Waals surface area contributed by atoms with Crippen molar-refractivity contribution in [3.8, 4) is 5.75 Å². The smallest absolute Gasteiger partial charge is 0.259 e. The van der Waals surface area contributed by atoms with E-state index in [-0.39, 0.29) is 17.2 Å². The highest BCUT2D eigenvalue weighted by Gasteiger charge is 2.19. The normalized spacial score (nSPS) is 11.0. The number of aryl methyl sites for hydroxylation is 2. The fourth-order valence-electron chi connectivity index (χ4n) is 3.05. The third-order valence-corrected chi connectivity index (χ3v) is 5.65. The van der Waals surface area contributed by atoms with Crippen molar-refractivity contribution in [1.82, 2.24) is 20.2 Å². The predicted octanol–water partition coefficient (Wildman–Crippen LogP) is 4.26. The van der Waals surface area contributed by atoms with Crippen LogP contribution in [0.15, 0.2) is 64.6 Å². The molecule has 0 aliphatic heterocycles. The number of hydrogen-bond donors (Lipinski definition) is 2. The number of carbonyl (C=O) groups is 1. The fourth-order valence-corrected chi connectivity index (χ4v) is 4.06. The maximum atomic E-state index is 13.0. The summed E-state index contributed by atoms with van der Waals surface area (Å²) in [4.78, 5) is 13.8. The van der Waals surface area contributed by atoms with Gasteiger partial charge in [-0.05, 0) is 59.1 Å². The summed E-state index contributed by atoms with van der Waals surface area (Å²) in [7, 11) is 0. The van der Waals surface area contributed by atoms with Crippen LogP contribution in [0, 0.1) is 6.92 Å². The van der Waals surface area contributed by atoms with Crippen molar-refractivity contribution in [3.63, 3.8) is 0 Å². The van der Waals surface area contributed by atoms with Crippen LogP contribution in [-0.2, 0) is 6.54 Å². The number of fused-ring (bicyclic) bond motifs is 1. The summed E-state index contributed by atoms with van der Waals surface area (Å²) < 4.78 is 1.68. The number of nitrogens with zero attached hydrogens (tertiary/aromatic N) is 4. The maximum Gasteiger partial charge on any atom is 0.259 e. The van der Waals surface area contributed by atoms with Gasteiger partial charge in [-0.2, -0.15) is 0 Å². The van der Waals surface area contributed by atoms with Crippen molar-refractivity contribution < 1.29 is 9.90 Å². The van der Waals surface area contributed by atoms with Crippen LogP contribution in [0.5, 0.6) is 5.75 Å². The number of aromatic hydroxyl groups is 1. The number of amides is 1. The van der Waals surface area contributed by atoms with Crippen LogP contribution in [0.25, 0.3) is 10.8 Å². The zero-order valence-electron chi connectivity index (χ0n) is 16.0. The van der Waals surface area contributed by atoms with Crippen LogP contribution in [-0.4, -0.2) is 31.2 Å². The number of phenolic OH excluding ortho intramolecular Hbond substituents is 1. The number of hydrogen-bond acceptors (Lipinski definition) is 6. The molecule has 0 saturated carbocycles. The molecule has 1 heterocycles. The van der Waals surface area contributed by atoms with Gasteiger partial charge in [-0.15, -0.1) is 5.10 Å². The van der Waals surface area contributed by atoms with E-state index < -0.39 is 0 Å². The number of tetrazole rings is 1. The molecule has 0 spiro atoms. The number of aromatic nitrogens is 4. The summed E-state index contributed by atoms with van der Waals surface area (Å²) in [6.45, 7) is 4.50. The molecule has 0 aliphatic carbocycles. The van der Waals surface area contributed by atoms with Crippen molar-refractivity contribution in [1.29, 1.82) is 0 Å². The van der Waals surface area contributed by atoms with Gasteiger partial charge in [-0.25, -0.2) is 4.68 Å². The summed E-state index contributed by atoms with van der Waals surface area (Å²) >= 11 is 1.36. The van der Waals surface area contributed by atoms with Gasteiger partial charge in [0.25, 0.3) is 5.91 Å². The number of carbonyl (C=O) groups excluding carboxylic acids is 1. The second-order valence-electron chi connectivity index (χ2n) is 6.46. The van der Waals surface area contributed by atoms with Crippen molar-refractivity contribution in [2.45, 2.75) is 30.4 Å². The van der Waals surface area contributed by atoms with Gasteiger partial charge in [0.2, 0.25) is 5.16 Å². The van der Waals surface area contributed by atoms with Crippen molar-refractivity contribution in [2.24, 2.45) is 0 Å². The molecule has 146 valence electrons. The van der Waals surface area contributed by atoms with E-state index in [1.54, 1.807) is 16.8 Å². The lowest BCUT2D eigenvalue weighted by molar-refractivity contribution is 0.102. The number of rotatable bonds is 5. The average molecular weight is 405 g/mol. The zero-order valence-corrected chi connectivity index (χ0v) is 16.8. The molecule has 1 aromatic heterocycles. The van der Waals surface area contributed by atoms with E-state index in [1.165, 1.54) is 11.8 Å². The molecular weight excluding hydrogens is 386 g/mol. The van der Waals surface area contributed by atoms with Gasteiger partial charge >= 0.3 is 0 Å². The standard InChI is InChI=1S/C21H19N5O2S/c1-3-26-21(23-24-25-26)29-18-12-16(19(27)15-10-6-5-9-14(15)18)20(28)22-17-11-7-4-8-13(17)2/h4-12,27H,3H2,1-2H3,(H,22,28). The molecule has 0 aliphatic rings. The minimum Gasteiger partial charge on any atom is -0.506 e. The van der Waals surface area contributed by atoms with Gasteiger partial charge in [0.1, 0.15) is 5.75 Å². The molecule has 4 aromatic rings. The van der Waals surface area contributed by atoms with Gasteiger partial charge in [0.05, 0.1) is 5.56 Å². The molecule has 0 bridgehead atoms. The van der Waals surface area contributed by atoms with E-state index >= 15 is 0 Å². The van der Waals surface area contributed by atoms with Crippen LogP contribution >= 0.6 is 11.8 Å². The number of anilines is 1. The van der Waals surface area contributed by atoms with E-state index in [0.717, 1.165) is 15.8 Å². The summed E-state index contributed by atoms with van der Waals surface area (Å²) in [5.74, 6) is -0.425. The molecule has 1 amide bonds. The van der Waals surface area contributed by atoms with Crippen molar-refractivity contribution in [2.75, 3.05) is 5.32 Å². The molecule has 8 heteroatoms. The maximum absolute atomic E-state index is 13.0. The molecule has 3 aromatic carbocycles. The Labute approximate surface area is 171 Å². The minimum atomic E-state index is -0.375. The van der Waals surface area contributed by atoms with Crippen LogP contribution in [0.2, 0.25) is 0 Å². The lowest BCUT2D eigenvalue weighted by Gasteiger charge is -2.13.